The molecule has 1 amide bonds. The van der Waals surface area contributed by atoms with Crippen LogP contribution in [0.15, 0.2) is 4.52 Å². The SMILES string of the molecule is Cc1noc(CCCC(=O)NC(C)CCC(C)C)n1. The molecule has 0 spiro atoms. The highest BCUT2D eigenvalue weighted by Gasteiger charge is 2.09. The van der Waals surface area contributed by atoms with Crippen LogP contribution in [0, 0.1) is 12.8 Å². The third-order valence-corrected chi connectivity index (χ3v) is 2.95. The van der Waals surface area contributed by atoms with E-state index in [1.165, 1.54) is 0 Å². The molecule has 0 saturated carbocycles. The zero-order valence-corrected chi connectivity index (χ0v) is 12.4. The van der Waals surface area contributed by atoms with Gasteiger partial charge >= 0.3 is 0 Å². The van der Waals surface area contributed by atoms with Crippen LogP contribution in [0.1, 0.15) is 58.2 Å². The van der Waals surface area contributed by atoms with Crippen LogP contribution in [0.5, 0.6) is 0 Å². The van der Waals surface area contributed by atoms with E-state index in [9.17, 15) is 4.79 Å². The van der Waals surface area contributed by atoms with Crippen LogP contribution in [0.3, 0.4) is 0 Å². The minimum absolute atomic E-state index is 0.104. The Balaban J connectivity index is 2.13. The van der Waals surface area contributed by atoms with E-state index in [0.29, 0.717) is 30.5 Å². The minimum atomic E-state index is 0.104. The molecular weight excluding hydrogens is 242 g/mol. The summed E-state index contributed by atoms with van der Waals surface area (Å²) in [4.78, 5) is 15.8. The predicted octanol–water partition coefficient (Wildman–Crippen LogP) is 2.64. The zero-order valence-electron chi connectivity index (χ0n) is 12.4. The quantitative estimate of drug-likeness (QED) is 0.786. The van der Waals surface area contributed by atoms with Crippen molar-refractivity contribution in [2.45, 2.75) is 65.8 Å². The number of aryl methyl sites for hydroxylation is 2. The first kappa shape index (κ1) is 15.7. The Bertz CT molecular complexity index is 388. The molecule has 5 heteroatoms. The van der Waals surface area contributed by atoms with E-state index in [1.54, 1.807) is 6.92 Å². The lowest BCUT2D eigenvalue weighted by atomic mass is 10.0. The molecule has 0 bridgehead atoms. The summed E-state index contributed by atoms with van der Waals surface area (Å²) < 4.78 is 5.00. The first-order valence-electron chi connectivity index (χ1n) is 7.06. The Morgan fingerprint density at radius 3 is 2.63 bits per heavy atom. The van der Waals surface area contributed by atoms with E-state index in [2.05, 4.69) is 36.2 Å². The highest BCUT2D eigenvalue weighted by Crippen LogP contribution is 2.07. The molecule has 1 rings (SSSR count). The fourth-order valence-corrected chi connectivity index (χ4v) is 1.84. The number of hydrogen-bond acceptors (Lipinski definition) is 4. The van der Waals surface area contributed by atoms with Crippen LogP contribution >= 0.6 is 0 Å². The van der Waals surface area contributed by atoms with Crippen molar-refractivity contribution in [3.63, 3.8) is 0 Å². The van der Waals surface area contributed by atoms with Gasteiger partial charge in [0, 0.05) is 18.9 Å². The average Bonchev–Trinajstić information content (AvgIpc) is 2.72. The first-order chi connectivity index (χ1) is 8.97. The lowest BCUT2D eigenvalue weighted by Crippen LogP contribution is -2.32. The smallest absolute Gasteiger partial charge is 0.226 e. The summed E-state index contributed by atoms with van der Waals surface area (Å²) in [6.07, 6.45) is 4.08. The third-order valence-electron chi connectivity index (χ3n) is 2.95. The molecule has 19 heavy (non-hydrogen) atoms. The van der Waals surface area contributed by atoms with Gasteiger partial charge in [0.2, 0.25) is 11.8 Å². The van der Waals surface area contributed by atoms with Crippen molar-refractivity contribution in [3.8, 4) is 0 Å². The summed E-state index contributed by atoms with van der Waals surface area (Å²) in [6.45, 7) is 8.24. The van der Waals surface area contributed by atoms with E-state index in [0.717, 1.165) is 19.3 Å². The third kappa shape index (κ3) is 6.94. The molecule has 0 aromatic carbocycles. The second-order valence-electron chi connectivity index (χ2n) is 5.53. The Morgan fingerprint density at radius 1 is 1.32 bits per heavy atom. The fraction of sp³-hybridized carbons (Fsp3) is 0.786. The molecule has 1 aromatic rings. The van der Waals surface area contributed by atoms with Crippen molar-refractivity contribution in [2.75, 3.05) is 0 Å². The number of amides is 1. The summed E-state index contributed by atoms with van der Waals surface area (Å²) in [7, 11) is 0. The molecule has 1 atom stereocenters. The molecule has 0 saturated heterocycles. The minimum Gasteiger partial charge on any atom is -0.354 e. The molecule has 1 unspecified atom stereocenters. The molecular formula is C14H25N3O2. The van der Waals surface area contributed by atoms with Crippen molar-refractivity contribution in [2.24, 2.45) is 5.92 Å². The lowest BCUT2D eigenvalue weighted by Gasteiger charge is -2.14. The number of nitrogens with one attached hydrogen (secondary N) is 1. The van der Waals surface area contributed by atoms with Crippen molar-refractivity contribution >= 4 is 5.91 Å². The highest BCUT2D eigenvalue weighted by atomic mass is 16.5. The Hall–Kier alpha value is -1.39. The summed E-state index contributed by atoms with van der Waals surface area (Å²) in [6, 6.07) is 0.251. The molecule has 0 aliphatic heterocycles. The maximum absolute atomic E-state index is 11.7. The van der Waals surface area contributed by atoms with E-state index in [4.69, 9.17) is 4.52 Å². The largest absolute Gasteiger partial charge is 0.354 e. The van der Waals surface area contributed by atoms with Gasteiger partial charge in [0.25, 0.3) is 0 Å². The monoisotopic (exact) mass is 267 g/mol. The van der Waals surface area contributed by atoms with Gasteiger partial charge in [0.1, 0.15) is 0 Å². The zero-order chi connectivity index (χ0) is 14.3. The second kappa shape index (κ2) is 7.92. The van der Waals surface area contributed by atoms with E-state index in [-0.39, 0.29) is 11.9 Å². The van der Waals surface area contributed by atoms with Gasteiger partial charge in [-0.25, -0.2) is 0 Å². The van der Waals surface area contributed by atoms with Crippen molar-refractivity contribution in [3.05, 3.63) is 11.7 Å². The molecule has 5 nitrogen and oxygen atoms in total. The average molecular weight is 267 g/mol. The highest BCUT2D eigenvalue weighted by molar-refractivity contribution is 5.76. The topological polar surface area (TPSA) is 68.0 Å². The lowest BCUT2D eigenvalue weighted by molar-refractivity contribution is -0.121. The maximum Gasteiger partial charge on any atom is 0.226 e. The molecule has 0 aliphatic rings. The van der Waals surface area contributed by atoms with Gasteiger partial charge < -0.3 is 9.84 Å². The number of carbonyl (C=O) groups excluding carboxylic acids is 1. The van der Waals surface area contributed by atoms with E-state index < -0.39 is 0 Å². The fourth-order valence-electron chi connectivity index (χ4n) is 1.84. The molecule has 108 valence electrons. The number of carbonyl (C=O) groups is 1. The Kier molecular flexibility index (Phi) is 6.53. The standard InChI is InChI=1S/C14H25N3O2/c1-10(2)8-9-11(3)15-13(18)6-5-7-14-16-12(4)17-19-14/h10-11H,5-9H2,1-4H3,(H,15,18). The first-order valence-corrected chi connectivity index (χ1v) is 7.06. The van der Waals surface area contributed by atoms with E-state index in [1.807, 2.05) is 0 Å². The summed E-state index contributed by atoms with van der Waals surface area (Å²) >= 11 is 0. The van der Waals surface area contributed by atoms with Crippen LogP contribution in [0.25, 0.3) is 0 Å². The van der Waals surface area contributed by atoms with Crippen LogP contribution < -0.4 is 5.32 Å². The van der Waals surface area contributed by atoms with Crippen LogP contribution in [-0.2, 0) is 11.2 Å². The predicted molar refractivity (Wildman–Crippen MR) is 73.6 cm³/mol. The van der Waals surface area contributed by atoms with Gasteiger partial charge in [-0.05, 0) is 39.0 Å². The van der Waals surface area contributed by atoms with Crippen molar-refractivity contribution in [1.82, 2.24) is 15.5 Å². The van der Waals surface area contributed by atoms with Crippen molar-refractivity contribution < 1.29 is 9.32 Å². The summed E-state index contributed by atoms with van der Waals surface area (Å²) in [5.74, 6) is 2.03. The molecule has 1 aromatic heterocycles. The summed E-state index contributed by atoms with van der Waals surface area (Å²) in [5.41, 5.74) is 0. The van der Waals surface area contributed by atoms with Gasteiger partial charge in [-0.1, -0.05) is 19.0 Å². The number of aromatic nitrogens is 2. The van der Waals surface area contributed by atoms with Crippen LogP contribution in [0.2, 0.25) is 0 Å². The molecule has 0 radical (unpaired) electrons. The van der Waals surface area contributed by atoms with Crippen LogP contribution in [-0.4, -0.2) is 22.1 Å². The maximum atomic E-state index is 11.7. The Labute approximate surface area is 115 Å². The van der Waals surface area contributed by atoms with Crippen molar-refractivity contribution in [1.29, 1.82) is 0 Å². The van der Waals surface area contributed by atoms with Gasteiger partial charge in [-0.2, -0.15) is 4.98 Å². The van der Waals surface area contributed by atoms with E-state index >= 15 is 0 Å². The molecule has 1 heterocycles. The van der Waals surface area contributed by atoms with Gasteiger partial charge in [-0.3, -0.25) is 4.79 Å². The van der Waals surface area contributed by atoms with Gasteiger partial charge in [0.05, 0.1) is 0 Å². The van der Waals surface area contributed by atoms with Crippen LogP contribution in [0.4, 0.5) is 0 Å². The molecule has 1 N–H and O–H groups in total. The Morgan fingerprint density at radius 2 is 2.05 bits per heavy atom. The molecule has 0 aliphatic carbocycles. The normalized spacial score (nSPS) is 12.7. The summed E-state index contributed by atoms with van der Waals surface area (Å²) in [5, 5.41) is 6.74. The molecule has 0 fully saturated rings. The number of hydrogen-bond donors (Lipinski definition) is 1. The van der Waals surface area contributed by atoms with Gasteiger partial charge in [-0.15, -0.1) is 0 Å². The second-order valence-corrected chi connectivity index (χ2v) is 5.53. The number of rotatable bonds is 8. The van der Waals surface area contributed by atoms with Gasteiger partial charge in [0.15, 0.2) is 5.82 Å². The number of nitrogens with zero attached hydrogens (tertiary/aromatic N) is 2.